The second-order valence-corrected chi connectivity index (χ2v) is 9.35. The fraction of sp³-hybridized carbons (Fsp3) is 0.375. The van der Waals surface area contributed by atoms with E-state index in [0.717, 1.165) is 18.4 Å². The lowest BCUT2D eigenvalue weighted by Gasteiger charge is -2.30. The number of hydrogen-bond donors (Lipinski definition) is 0. The number of hydrogen-bond acceptors (Lipinski definition) is 7. The van der Waals surface area contributed by atoms with Crippen LogP contribution in [-0.2, 0) is 18.8 Å². The molecule has 1 aliphatic rings. The zero-order chi connectivity index (χ0) is 24.3. The highest BCUT2D eigenvalue weighted by Crippen LogP contribution is 2.39. The minimum absolute atomic E-state index is 0.0835. The van der Waals surface area contributed by atoms with Crippen LogP contribution in [0, 0.1) is 0 Å². The van der Waals surface area contributed by atoms with Crippen LogP contribution in [0.1, 0.15) is 32.2 Å². The molecule has 1 aliphatic heterocycles. The fourth-order valence-electron chi connectivity index (χ4n) is 4.87. The molecule has 6 rings (SSSR count). The number of fused-ring (bicyclic) bond motifs is 3. The summed E-state index contributed by atoms with van der Waals surface area (Å²) in [7, 11) is 3.65. The predicted octanol–water partition coefficient (Wildman–Crippen LogP) is 4.12. The van der Waals surface area contributed by atoms with Crippen LogP contribution in [0.5, 0.6) is 0 Å². The number of nitrogens with zero attached hydrogens (tertiary/aromatic N) is 7. The van der Waals surface area contributed by atoms with Gasteiger partial charge in [0.25, 0.3) is 0 Å². The number of halogens is 1. The maximum Gasteiger partial charge on any atom is 0.349 e. The van der Waals surface area contributed by atoms with E-state index in [1.165, 1.54) is 0 Å². The van der Waals surface area contributed by atoms with Crippen LogP contribution in [0.15, 0.2) is 40.1 Å². The van der Waals surface area contributed by atoms with Crippen molar-refractivity contribution in [2.24, 2.45) is 14.1 Å². The molecule has 6 heterocycles. The smallest absolute Gasteiger partial charge is 0.349 e. The summed E-state index contributed by atoms with van der Waals surface area (Å²) < 4.78 is 17.3. The first-order chi connectivity index (χ1) is 16.9. The van der Waals surface area contributed by atoms with Crippen LogP contribution in [0.2, 0.25) is 5.02 Å². The van der Waals surface area contributed by atoms with Crippen LogP contribution >= 0.6 is 11.6 Å². The van der Waals surface area contributed by atoms with E-state index in [9.17, 15) is 4.79 Å². The van der Waals surface area contributed by atoms with Crippen molar-refractivity contribution >= 4 is 33.8 Å². The van der Waals surface area contributed by atoms with Gasteiger partial charge in [-0.15, -0.1) is 0 Å². The molecule has 11 heteroatoms. The Balaban J connectivity index is 1.68. The van der Waals surface area contributed by atoms with Gasteiger partial charge in [0, 0.05) is 56.3 Å². The Hall–Kier alpha value is -3.50. The van der Waals surface area contributed by atoms with Crippen molar-refractivity contribution < 1.29 is 9.15 Å². The van der Waals surface area contributed by atoms with Gasteiger partial charge in [-0.3, -0.25) is 13.9 Å². The van der Waals surface area contributed by atoms with E-state index in [1.54, 1.807) is 32.4 Å². The van der Waals surface area contributed by atoms with Gasteiger partial charge in [-0.2, -0.15) is 15.2 Å². The summed E-state index contributed by atoms with van der Waals surface area (Å²) in [6, 6.07) is 1.66. The van der Waals surface area contributed by atoms with Gasteiger partial charge in [-0.25, -0.2) is 9.78 Å². The van der Waals surface area contributed by atoms with Crippen LogP contribution in [0.25, 0.3) is 44.7 Å². The van der Waals surface area contributed by atoms with Crippen molar-refractivity contribution in [3.8, 4) is 22.5 Å². The molecule has 0 aliphatic carbocycles. The van der Waals surface area contributed by atoms with Gasteiger partial charge in [0.2, 0.25) is 0 Å². The average molecular weight is 494 g/mol. The fourth-order valence-corrected chi connectivity index (χ4v) is 5.12. The molecule has 0 bridgehead atoms. The molecule has 35 heavy (non-hydrogen) atoms. The van der Waals surface area contributed by atoms with Gasteiger partial charge in [-0.05, 0) is 19.3 Å². The number of aryl methyl sites for hydroxylation is 2. The minimum Gasteiger partial charge on any atom is -0.450 e. The summed E-state index contributed by atoms with van der Waals surface area (Å²) in [6.45, 7) is 2.67. The second-order valence-electron chi connectivity index (χ2n) is 8.94. The standard InChI is InChI=1S/C24H24ClN7O3/c1-4-16-7-15(5-6-34-16)32-22-21-18(8-17(25)19(28-21)13-9-26-30(2)11-13)35-23(22)20(29-24(32)33)14-10-27-31(3)12-14/h8-12,15-16H,4-7H2,1-3H3/t15-,16-/m0/s1. The Morgan fingerprint density at radius 3 is 2.46 bits per heavy atom. The van der Waals surface area contributed by atoms with Crippen molar-refractivity contribution in [2.45, 2.75) is 38.3 Å². The molecule has 0 radical (unpaired) electrons. The van der Waals surface area contributed by atoms with E-state index in [0.29, 0.717) is 57.2 Å². The highest BCUT2D eigenvalue weighted by atomic mass is 35.5. The molecule has 1 saturated heterocycles. The van der Waals surface area contributed by atoms with Crippen molar-refractivity contribution in [1.29, 1.82) is 0 Å². The van der Waals surface area contributed by atoms with Crippen LogP contribution in [-0.4, -0.2) is 46.8 Å². The number of aromatic nitrogens is 7. The zero-order valence-corrected chi connectivity index (χ0v) is 20.4. The molecule has 0 spiro atoms. The molecule has 5 aromatic rings. The highest BCUT2D eigenvalue weighted by molar-refractivity contribution is 6.33. The minimum atomic E-state index is -0.347. The quantitative estimate of drug-likeness (QED) is 0.370. The topological polar surface area (TPSA) is 106 Å². The molecule has 0 N–H and O–H groups in total. The van der Waals surface area contributed by atoms with Gasteiger partial charge in [-0.1, -0.05) is 18.5 Å². The lowest BCUT2D eigenvalue weighted by Crippen LogP contribution is -2.34. The largest absolute Gasteiger partial charge is 0.450 e. The third kappa shape index (κ3) is 3.64. The number of pyridine rings is 1. The summed E-state index contributed by atoms with van der Waals surface area (Å²) in [4.78, 5) is 22.9. The van der Waals surface area contributed by atoms with E-state index in [-0.39, 0.29) is 17.8 Å². The first-order valence-electron chi connectivity index (χ1n) is 11.6. The van der Waals surface area contributed by atoms with Crippen LogP contribution < -0.4 is 5.69 Å². The average Bonchev–Trinajstić information content (AvgIpc) is 3.56. The van der Waals surface area contributed by atoms with Gasteiger partial charge >= 0.3 is 5.69 Å². The van der Waals surface area contributed by atoms with Crippen molar-refractivity contribution in [2.75, 3.05) is 6.61 Å². The molecule has 5 aromatic heterocycles. The van der Waals surface area contributed by atoms with Crippen LogP contribution in [0.4, 0.5) is 0 Å². The number of ether oxygens (including phenoxy) is 1. The van der Waals surface area contributed by atoms with E-state index >= 15 is 0 Å². The van der Waals surface area contributed by atoms with Crippen molar-refractivity contribution in [3.05, 3.63) is 46.4 Å². The van der Waals surface area contributed by atoms with E-state index in [1.807, 2.05) is 26.5 Å². The van der Waals surface area contributed by atoms with E-state index in [4.69, 9.17) is 25.7 Å². The molecule has 2 atom stereocenters. The van der Waals surface area contributed by atoms with Gasteiger partial charge in [0.05, 0.1) is 29.2 Å². The molecule has 0 unspecified atom stereocenters. The van der Waals surface area contributed by atoms with Crippen LogP contribution in [0.3, 0.4) is 0 Å². The third-order valence-electron chi connectivity index (χ3n) is 6.58. The normalized spacial score (nSPS) is 18.6. The Bertz CT molecular complexity index is 1630. The Labute approximate surface area is 205 Å². The first kappa shape index (κ1) is 22.0. The molecule has 0 aromatic carbocycles. The maximum atomic E-state index is 13.6. The first-order valence-corrected chi connectivity index (χ1v) is 12.0. The van der Waals surface area contributed by atoms with Gasteiger partial charge in [0.15, 0.2) is 11.2 Å². The number of furan rings is 1. The third-order valence-corrected chi connectivity index (χ3v) is 6.87. The molecule has 10 nitrogen and oxygen atoms in total. The summed E-state index contributed by atoms with van der Waals surface area (Å²) in [5.74, 6) is 0. The predicted molar refractivity (Wildman–Crippen MR) is 131 cm³/mol. The van der Waals surface area contributed by atoms with E-state index in [2.05, 4.69) is 22.1 Å². The highest BCUT2D eigenvalue weighted by Gasteiger charge is 2.29. The molecular formula is C24H24ClN7O3. The second kappa shape index (κ2) is 8.31. The van der Waals surface area contributed by atoms with Gasteiger partial charge in [0.1, 0.15) is 16.7 Å². The zero-order valence-electron chi connectivity index (χ0n) is 19.6. The summed E-state index contributed by atoms with van der Waals surface area (Å²) in [5, 5.41) is 8.94. The summed E-state index contributed by atoms with van der Waals surface area (Å²) >= 11 is 6.62. The van der Waals surface area contributed by atoms with Gasteiger partial charge < -0.3 is 9.15 Å². The molecule has 1 fully saturated rings. The monoisotopic (exact) mass is 493 g/mol. The lowest BCUT2D eigenvalue weighted by atomic mass is 10.0. The number of rotatable bonds is 4. The SMILES string of the molecule is CC[C@H]1C[C@@H](n2c(=O)nc(-c3cnn(C)c3)c3oc4cc(Cl)c(-c5cnn(C)c5)nc4c32)CCO1. The Morgan fingerprint density at radius 1 is 1.09 bits per heavy atom. The maximum absolute atomic E-state index is 13.6. The van der Waals surface area contributed by atoms with Crippen molar-refractivity contribution in [1.82, 2.24) is 34.1 Å². The van der Waals surface area contributed by atoms with E-state index < -0.39 is 0 Å². The summed E-state index contributed by atoms with van der Waals surface area (Å²) in [5.41, 5.74) is 4.29. The summed E-state index contributed by atoms with van der Waals surface area (Å²) in [6.07, 6.45) is 9.42. The Morgan fingerprint density at radius 2 is 1.80 bits per heavy atom. The molecular weight excluding hydrogens is 470 g/mol. The lowest BCUT2D eigenvalue weighted by molar-refractivity contribution is -0.00710. The Kier molecular flexibility index (Phi) is 5.23. The molecule has 0 amide bonds. The molecule has 0 saturated carbocycles. The molecule has 180 valence electrons. The van der Waals surface area contributed by atoms with Crippen molar-refractivity contribution in [3.63, 3.8) is 0 Å².